The Kier molecular flexibility index (Phi) is 2.93. The van der Waals surface area contributed by atoms with Gasteiger partial charge in [0.15, 0.2) is 0 Å². The van der Waals surface area contributed by atoms with E-state index in [0.29, 0.717) is 19.0 Å². The van der Waals surface area contributed by atoms with Crippen molar-refractivity contribution in [1.82, 2.24) is 9.78 Å². The van der Waals surface area contributed by atoms with E-state index in [9.17, 15) is 0 Å². The molecule has 2 aromatic rings. The average Bonchev–Trinajstić information content (AvgIpc) is 2.52. The highest BCUT2D eigenvalue weighted by Gasteiger charge is 2.09. The fraction of sp³-hybridized carbons (Fsp3) is 0.300. The molecule has 2 rings (SSSR count). The molecule has 0 aliphatic rings. The maximum absolute atomic E-state index is 5.47. The molecule has 4 nitrogen and oxygen atoms in total. The summed E-state index contributed by atoms with van der Waals surface area (Å²) >= 11 is 3.43. The van der Waals surface area contributed by atoms with Crippen LogP contribution in [0.2, 0.25) is 0 Å². The van der Waals surface area contributed by atoms with Gasteiger partial charge in [-0.3, -0.25) is 4.68 Å². The van der Waals surface area contributed by atoms with E-state index in [-0.39, 0.29) is 0 Å². The number of hydrogen-bond acceptors (Lipinski definition) is 3. The van der Waals surface area contributed by atoms with E-state index >= 15 is 0 Å². The van der Waals surface area contributed by atoms with E-state index in [2.05, 4.69) is 21.0 Å². The van der Waals surface area contributed by atoms with Crippen molar-refractivity contribution in [3.63, 3.8) is 0 Å². The summed E-state index contributed by atoms with van der Waals surface area (Å²) in [5.41, 5.74) is 6.43. The van der Waals surface area contributed by atoms with Crippen molar-refractivity contribution < 1.29 is 4.74 Å². The maximum Gasteiger partial charge on any atom is 0.240 e. The predicted octanol–water partition coefficient (Wildman–Crippen LogP) is 1.67. The van der Waals surface area contributed by atoms with Crippen molar-refractivity contribution in [3.05, 3.63) is 22.7 Å². The van der Waals surface area contributed by atoms with Crippen LogP contribution in [-0.4, -0.2) is 22.9 Å². The van der Waals surface area contributed by atoms with Crippen LogP contribution in [0.4, 0.5) is 0 Å². The molecule has 1 heterocycles. The summed E-state index contributed by atoms with van der Waals surface area (Å²) in [7, 11) is 1.89. The fourth-order valence-electron chi connectivity index (χ4n) is 1.47. The van der Waals surface area contributed by atoms with E-state index in [0.717, 1.165) is 15.4 Å². The SMILES string of the molecule is Cn1nc(OCCN)c2cc(Br)ccc21. The van der Waals surface area contributed by atoms with Gasteiger partial charge in [0.25, 0.3) is 0 Å². The lowest BCUT2D eigenvalue weighted by atomic mass is 10.2. The minimum absolute atomic E-state index is 0.485. The third-order valence-electron chi connectivity index (χ3n) is 2.14. The normalized spacial score (nSPS) is 10.9. The Morgan fingerprint density at radius 1 is 1.53 bits per heavy atom. The Bertz CT molecular complexity index is 481. The van der Waals surface area contributed by atoms with Gasteiger partial charge in [-0.15, -0.1) is 5.10 Å². The van der Waals surface area contributed by atoms with Crippen molar-refractivity contribution in [2.45, 2.75) is 0 Å². The Morgan fingerprint density at radius 3 is 3.07 bits per heavy atom. The van der Waals surface area contributed by atoms with Crippen LogP contribution >= 0.6 is 15.9 Å². The molecule has 0 unspecified atom stereocenters. The number of rotatable bonds is 3. The lowest BCUT2D eigenvalue weighted by Crippen LogP contribution is -2.11. The van der Waals surface area contributed by atoms with Crippen molar-refractivity contribution in [1.29, 1.82) is 0 Å². The smallest absolute Gasteiger partial charge is 0.240 e. The van der Waals surface area contributed by atoms with Gasteiger partial charge >= 0.3 is 0 Å². The highest BCUT2D eigenvalue weighted by Crippen LogP contribution is 2.27. The minimum Gasteiger partial charge on any atom is -0.475 e. The first-order valence-corrected chi connectivity index (χ1v) is 5.47. The number of aryl methyl sites for hydroxylation is 1. The van der Waals surface area contributed by atoms with Gasteiger partial charge < -0.3 is 10.5 Å². The minimum atomic E-state index is 0.485. The molecule has 0 amide bonds. The van der Waals surface area contributed by atoms with Crippen LogP contribution in [0.5, 0.6) is 5.88 Å². The molecule has 0 saturated heterocycles. The maximum atomic E-state index is 5.47. The van der Waals surface area contributed by atoms with E-state index in [1.165, 1.54) is 0 Å². The van der Waals surface area contributed by atoms with Crippen LogP contribution in [0.1, 0.15) is 0 Å². The summed E-state index contributed by atoms with van der Waals surface area (Å²) in [5.74, 6) is 0.638. The standard InChI is InChI=1S/C10H12BrN3O/c1-14-9-3-2-7(11)6-8(9)10(13-14)15-5-4-12/h2-3,6H,4-5,12H2,1H3. The van der Waals surface area contributed by atoms with Gasteiger partial charge in [0, 0.05) is 18.1 Å². The first-order chi connectivity index (χ1) is 7.22. The fourth-order valence-corrected chi connectivity index (χ4v) is 1.83. The van der Waals surface area contributed by atoms with Crippen LogP contribution in [0, 0.1) is 0 Å². The molecule has 0 radical (unpaired) electrons. The summed E-state index contributed by atoms with van der Waals surface area (Å²) in [4.78, 5) is 0. The van der Waals surface area contributed by atoms with Crippen molar-refractivity contribution in [3.8, 4) is 5.88 Å². The summed E-state index contributed by atoms with van der Waals surface area (Å²) in [6.07, 6.45) is 0. The summed E-state index contributed by atoms with van der Waals surface area (Å²) in [5, 5.41) is 5.29. The second kappa shape index (κ2) is 4.20. The monoisotopic (exact) mass is 269 g/mol. The van der Waals surface area contributed by atoms with Crippen LogP contribution < -0.4 is 10.5 Å². The predicted molar refractivity (Wildman–Crippen MR) is 63.0 cm³/mol. The first-order valence-electron chi connectivity index (χ1n) is 4.67. The summed E-state index contributed by atoms with van der Waals surface area (Å²) in [6, 6.07) is 5.98. The molecule has 1 aromatic heterocycles. The zero-order valence-electron chi connectivity index (χ0n) is 8.40. The van der Waals surface area contributed by atoms with Gasteiger partial charge in [-0.05, 0) is 18.2 Å². The molecular weight excluding hydrogens is 258 g/mol. The highest BCUT2D eigenvalue weighted by molar-refractivity contribution is 9.10. The van der Waals surface area contributed by atoms with Crippen LogP contribution in [-0.2, 0) is 7.05 Å². The van der Waals surface area contributed by atoms with E-state index in [4.69, 9.17) is 10.5 Å². The second-order valence-corrected chi connectivity index (χ2v) is 4.14. The Hall–Kier alpha value is -1.07. The first kappa shape index (κ1) is 10.4. The summed E-state index contributed by atoms with van der Waals surface area (Å²) in [6.45, 7) is 0.977. The topological polar surface area (TPSA) is 53.1 Å². The van der Waals surface area contributed by atoms with Gasteiger partial charge in [0.2, 0.25) is 5.88 Å². The number of benzene rings is 1. The number of hydrogen-bond donors (Lipinski definition) is 1. The van der Waals surface area contributed by atoms with E-state index < -0.39 is 0 Å². The molecule has 5 heteroatoms. The molecule has 0 aliphatic carbocycles. The number of ether oxygens (including phenoxy) is 1. The lowest BCUT2D eigenvalue weighted by Gasteiger charge is -1.99. The van der Waals surface area contributed by atoms with Gasteiger partial charge in [0.05, 0.1) is 10.9 Å². The van der Waals surface area contributed by atoms with Crippen molar-refractivity contribution in [2.75, 3.05) is 13.2 Å². The molecule has 0 bridgehead atoms. The Morgan fingerprint density at radius 2 is 2.33 bits per heavy atom. The van der Waals surface area contributed by atoms with Crippen LogP contribution in [0.25, 0.3) is 10.9 Å². The Balaban J connectivity index is 2.49. The van der Waals surface area contributed by atoms with Gasteiger partial charge in [-0.1, -0.05) is 15.9 Å². The number of nitrogens with zero attached hydrogens (tertiary/aromatic N) is 2. The van der Waals surface area contributed by atoms with Gasteiger partial charge in [-0.25, -0.2) is 0 Å². The third kappa shape index (κ3) is 1.98. The highest BCUT2D eigenvalue weighted by atomic mass is 79.9. The zero-order chi connectivity index (χ0) is 10.8. The van der Waals surface area contributed by atoms with Crippen LogP contribution in [0.3, 0.4) is 0 Å². The zero-order valence-corrected chi connectivity index (χ0v) is 9.99. The Labute approximate surface area is 96.1 Å². The van der Waals surface area contributed by atoms with Crippen molar-refractivity contribution in [2.24, 2.45) is 12.8 Å². The van der Waals surface area contributed by atoms with Gasteiger partial charge in [-0.2, -0.15) is 0 Å². The molecule has 15 heavy (non-hydrogen) atoms. The second-order valence-electron chi connectivity index (χ2n) is 3.23. The number of aromatic nitrogens is 2. The molecule has 80 valence electrons. The number of fused-ring (bicyclic) bond motifs is 1. The van der Waals surface area contributed by atoms with Gasteiger partial charge in [0.1, 0.15) is 6.61 Å². The van der Waals surface area contributed by atoms with E-state index in [1.54, 1.807) is 4.68 Å². The third-order valence-corrected chi connectivity index (χ3v) is 2.63. The summed E-state index contributed by atoms with van der Waals surface area (Å²) < 4.78 is 8.28. The van der Waals surface area contributed by atoms with E-state index in [1.807, 2.05) is 25.2 Å². The van der Waals surface area contributed by atoms with Crippen LogP contribution in [0.15, 0.2) is 22.7 Å². The van der Waals surface area contributed by atoms with Crippen molar-refractivity contribution >= 4 is 26.8 Å². The number of halogens is 1. The molecule has 0 aliphatic heterocycles. The molecule has 0 saturated carbocycles. The molecule has 1 aromatic carbocycles. The average molecular weight is 270 g/mol. The molecule has 2 N–H and O–H groups in total. The molecule has 0 atom stereocenters. The molecule has 0 fully saturated rings. The number of nitrogens with two attached hydrogens (primary N) is 1. The lowest BCUT2D eigenvalue weighted by molar-refractivity contribution is 0.315. The quantitative estimate of drug-likeness (QED) is 0.923. The largest absolute Gasteiger partial charge is 0.475 e. The molecule has 0 spiro atoms. The molecular formula is C10H12BrN3O.